The second-order valence-electron chi connectivity index (χ2n) is 4.39. The fourth-order valence-electron chi connectivity index (χ4n) is 2.06. The van der Waals surface area contributed by atoms with E-state index in [0.717, 1.165) is 29.5 Å². The van der Waals surface area contributed by atoms with Crippen LogP contribution in [0.2, 0.25) is 5.02 Å². The summed E-state index contributed by atoms with van der Waals surface area (Å²) >= 11 is 6.01. The molecule has 96 valence electrons. The number of halogens is 1. The molecule has 1 N–H and O–H groups in total. The van der Waals surface area contributed by atoms with Crippen molar-refractivity contribution in [3.05, 3.63) is 58.5 Å². The zero-order chi connectivity index (χ0) is 13.0. The predicted octanol–water partition coefficient (Wildman–Crippen LogP) is 4.13. The van der Waals surface area contributed by atoms with Crippen LogP contribution in [0.5, 0.6) is 0 Å². The molecule has 0 aliphatic carbocycles. The van der Waals surface area contributed by atoms with Crippen LogP contribution in [0.25, 0.3) is 0 Å². The largest absolute Gasteiger partial charge is 0.465 e. The SMILES string of the molecule is CCNC(Cc1cccc(Cl)c1)c1ccc(C)o1. The summed E-state index contributed by atoms with van der Waals surface area (Å²) in [5.41, 5.74) is 1.21. The Hall–Kier alpha value is -1.25. The summed E-state index contributed by atoms with van der Waals surface area (Å²) in [6.45, 7) is 4.97. The first kappa shape index (κ1) is 13.2. The molecule has 0 fully saturated rings. The highest BCUT2D eigenvalue weighted by Crippen LogP contribution is 2.22. The van der Waals surface area contributed by atoms with E-state index >= 15 is 0 Å². The Morgan fingerprint density at radius 3 is 2.72 bits per heavy atom. The van der Waals surface area contributed by atoms with Gasteiger partial charge in [0.05, 0.1) is 6.04 Å². The highest BCUT2D eigenvalue weighted by molar-refractivity contribution is 6.30. The molecule has 0 saturated carbocycles. The molecule has 1 heterocycles. The van der Waals surface area contributed by atoms with Gasteiger partial charge in [-0.2, -0.15) is 0 Å². The molecule has 2 aromatic rings. The lowest BCUT2D eigenvalue weighted by Crippen LogP contribution is -2.22. The van der Waals surface area contributed by atoms with E-state index in [4.69, 9.17) is 16.0 Å². The number of likely N-dealkylation sites (N-methyl/N-ethyl adjacent to an activating group) is 1. The van der Waals surface area contributed by atoms with Crippen molar-refractivity contribution in [1.29, 1.82) is 0 Å². The second-order valence-corrected chi connectivity index (χ2v) is 4.83. The third-order valence-corrected chi connectivity index (χ3v) is 3.12. The van der Waals surface area contributed by atoms with Crippen molar-refractivity contribution in [2.45, 2.75) is 26.3 Å². The van der Waals surface area contributed by atoms with Gasteiger partial charge in [0.2, 0.25) is 0 Å². The number of rotatable bonds is 5. The molecule has 0 aliphatic rings. The van der Waals surface area contributed by atoms with Crippen LogP contribution in [-0.2, 0) is 6.42 Å². The van der Waals surface area contributed by atoms with Crippen molar-refractivity contribution in [2.75, 3.05) is 6.54 Å². The van der Waals surface area contributed by atoms with E-state index in [1.54, 1.807) is 0 Å². The first-order chi connectivity index (χ1) is 8.69. The van der Waals surface area contributed by atoms with Gasteiger partial charge in [0.1, 0.15) is 11.5 Å². The van der Waals surface area contributed by atoms with E-state index in [-0.39, 0.29) is 6.04 Å². The molecule has 0 bridgehead atoms. The first-order valence-electron chi connectivity index (χ1n) is 6.23. The van der Waals surface area contributed by atoms with Gasteiger partial charge < -0.3 is 9.73 Å². The van der Waals surface area contributed by atoms with Crippen LogP contribution in [0.4, 0.5) is 0 Å². The third-order valence-electron chi connectivity index (χ3n) is 2.88. The summed E-state index contributed by atoms with van der Waals surface area (Å²) in [7, 11) is 0. The number of hydrogen-bond donors (Lipinski definition) is 1. The Bertz CT molecular complexity index is 507. The van der Waals surface area contributed by atoms with Crippen LogP contribution in [0.1, 0.15) is 30.0 Å². The van der Waals surface area contributed by atoms with Gasteiger partial charge in [-0.25, -0.2) is 0 Å². The maximum absolute atomic E-state index is 6.01. The lowest BCUT2D eigenvalue weighted by Gasteiger charge is -2.15. The maximum Gasteiger partial charge on any atom is 0.121 e. The molecule has 1 unspecified atom stereocenters. The molecule has 0 amide bonds. The highest BCUT2D eigenvalue weighted by atomic mass is 35.5. The number of benzene rings is 1. The zero-order valence-electron chi connectivity index (χ0n) is 10.7. The third kappa shape index (κ3) is 3.37. The Morgan fingerprint density at radius 1 is 1.28 bits per heavy atom. The monoisotopic (exact) mass is 263 g/mol. The minimum Gasteiger partial charge on any atom is -0.465 e. The topological polar surface area (TPSA) is 25.2 Å². The van der Waals surface area contributed by atoms with Gasteiger partial charge in [0.25, 0.3) is 0 Å². The van der Waals surface area contributed by atoms with Gasteiger partial charge in [-0.3, -0.25) is 0 Å². The average Bonchev–Trinajstić information content (AvgIpc) is 2.75. The van der Waals surface area contributed by atoms with Crippen LogP contribution >= 0.6 is 11.6 Å². The number of hydrogen-bond acceptors (Lipinski definition) is 2. The fourth-order valence-corrected chi connectivity index (χ4v) is 2.27. The second kappa shape index (κ2) is 6.07. The van der Waals surface area contributed by atoms with E-state index in [0.29, 0.717) is 0 Å². The number of aryl methyl sites for hydroxylation is 1. The number of furan rings is 1. The van der Waals surface area contributed by atoms with Gasteiger partial charge >= 0.3 is 0 Å². The van der Waals surface area contributed by atoms with E-state index in [2.05, 4.69) is 18.3 Å². The average molecular weight is 264 g/mol. The van der Waals surface area contributed by atoms with Gasteiger partial charge in [0, 0.05) is 5.02 Å². The van der Waals surface area contributed by atoms with Crippen LogP contribution in [0, 0.1) is 6.92 Å². The van der Waals surface area contributed by atoms with Crippen molar-refractivity contribution in [3.8, 4) is 0 Å². The molecule has 2 rings (SSSR count). The molecular formula is C15H18ClNO. The minimum absolute atomic E-state index is 0.196. The molecule has 1 atom stereocenters. The van der Waals surface area contributed by atoms with Crippen LogP contribution in [0.3, 0.4) is 0 Å². The van der Waals surface area contributed by atoms with Crippen LogP contribution in [-0.4, -0.2) is 6.54 Å². The van der Waals surface area contributed by atoms with E-state index in [9.17, 15) is 0 Å². The van der Waals surface area contributed by atoms with E-state index in [1.807, 2.05) is 37.3 Å². The van der Waals surface area contributed by atoms with Crippen LogP contribution < -0.4 is 5.32 Å². The Labute approximate surface area is 113 Å². The lowest BCUT2D eigenvalue weighted by atomic mass is 10.0. The van der Waals surface area contributed by atoms with Crippen molar-refractivity contribution in [1.82, 2.24) is 5.32 Å². The summed E-state index contributed by atoms with van der Waals surface area (Å²) < 4.78 is 5.71. The summed E-state index contributed by atoms with van der Waals surface area (Å²) in [5.74, 6) is 1.92. The Morgan fingerprint density at radius 2 is 2.11 bits per heavy atom. The normalized spacial score (nSPS) is 12.6. The molecule has 1 aromatic heterocycles. The summed E-state index contributed by atoms with van der Waals surface area (Å²) in [4.78, 5) is 0. The van der Waals surface area contributed by atoms with Gasteiger partial charge in [-0.15, -0.1) is 0 Å². The van der Waals surface area contributed by atoms with E-state index in [1.165, 1.54) is 5.56 Å². The molecule has 0 saturated heterocycles. The summed E-state index contributed by atoms with van der Waals surface area (Å²) in [6, 6.07) is 12.2. The molecule has 1 aromatic carbocycles. The quantitative estimate of drug-likeness (QED) is 0.877. The Balaban J connectivity index is 2.16. The van der Waals surface area contributed by atoms with Gasteiger partial charge in [-0.1, -0.05) is 30.7 Å². The van der Waals surface area contributed by atoms with Crippen LogP contribution in [0.15, 0.2) is 40.8 Å². The van der Waals surface area contributed by atoms with Crippen molar-refractivity contribution >= 4 is 11.6 Å². The highest BCUT2D eigenvalue weighted by Gasteiger charge is 2.14. The molecular weight excluding hydrogens is 246 g/mol. The van der Waals surface area contributed by atoms with E-state index < -0.39 is 0 Å². The standard InChI is InChI=1S/C15H18ClNO/c1-3-17-14(15-8-7-11(2)18-15)10-12-5-4-6-13(16)9-12/h4-9,14,17H,3,10H2,1-2H3. The molecule has 0 spiro atoms. The summed E-state index contributed by atoms with van der Waals surface area (Å²) in [6.07, 6.45) is 0.876. The smallest absolute Gasteiger partial charge is 0.121 e. The molecule has 0 radical (unpaired) electrons. The molecule has 3 heteroatoms. The lowest BCUT2D eigenvalue weighted by molar-refractivity contribution is 0.403. The predicted molar refractivity (Wildman–Crippen MR) is 75.0 cm³/mol. The van der Waals surface area contributed by atoms with Crippen molar-refractivity contribution < 1.29 is 4.42 Å². The first-order valence-corrected chi connectivity index (χ1v) is 6.61. The molecule has 2 nitrogen and oxygen atoms in total. The minimum atomic E-state index is 0.196. The van der Waals surface area contributed by atoms with Crippen molar-refractivity contribution in [2.24, 2.45) is 0 Å². The fraction of sp³-hybridized carbons (Fsp3) is 0.333. The van der Waals surface area contributed by atoms with Crippen molar-refractivity contribution in [3.63, 3.8) is 0 Å². The number of nitrogens with one attached hydrogen (secondary N) is 1. The maximum atomic E-state index is 6.01. The Kier molecular flexibility index (Phi) is 4.45. The van der Waals surface area contributed by atoms with Gasteiger partial charge in [0.15, 0.2) is 0 Å². The van der Waals surface area contributed by atoms with Gasteiger partial charge in [-0.05, 0) is 49.7 Å². The molecule has 0 aliphatic heterocycles. The molecule has 18 heavy (non-hydrogen) atoms. The summed E-state index contributed by atoms with van der Waals surface area (Å²) in [5, 5.41) is 4.22. The zero-order valence-corrected chi connectivity index (χ0v) is 11.5.